The third kappa shape index (κ3) is 7.77. The molecule has 0 spiro atoms. The van der Waals surface area contributed by atoms with E-state index in [1.54, 1.807) is 6.20 Å². The van der Waals surface area contributed by atoms with Gasteiger partial charge in [-0.3, -0.25) is 9.69 Å². The van der Waals surface area contributed by atoms with Crippen LogP contribution in [0.1, 0.15) is 73.0 Å². The third-order valence-electron chi connectivity index (χ3n) is 7.41. The molecular formula is C30H41N5O4S. The number of pyridine rings is 1. The van der Waals surface area contributed by atoms with E-state index in [1.165, 1.54) is 23.9 Å². The highest BCUT2D eigenvalue weighted by atomic mass is 32.1. The summed E-state index contributed by atoms with van der Waals surface area (Å²) in [6.07, 6.45) is 6.74. The second-order valence-electron chi connectivity index (χ2n) is 11.7. The Labute approximate surface area is 243 Å². The van der Waals surface area contributed by atoms with Crippen molar-refractivity contribution in [2.24, 2.45) is 0 Å². The summed E-state index contributed by atoms with van der Waals surface area (Å²) < 4.78 is 11.0. The number of oxazole rings is 1. The number of nitrogens with zero attached hydrogens (tertiary/aromatic N) is 3. The van der Waals surface area contributed by atoms with Gasteiger partial charge in [0.1, 0.15) is 18.2 Å². The Kier molecular flexibility index (Phi) is 9.76. The lowest BCUT2D eigenvalue weighted by atomic mass is 9.90. The molecule has 40 heavy (non-hydrogen) atoms. The largest absolute Gasteiger partial charge is 0.486 e. The Hall–Kier alpha value is -3.08. The standard InChI is InChI=1S/C30H39N5O4.H2S/c1-30(2,3)27-12-22(13-28(34-27)33-23-5-4-6-23)29(37)32-14-24(36)17-35-10-9-20-11-25(8-7-21(20)16-35)38-18-26-15-31-19-39-26;/h7-8,11-13,15,19,23-24,36H,4-6,9-10,14,16-18H2,1-3H3,(H,32,37)(H,33,34);1H2/t24-;/m0./s1. The fourth-order valence-electron chi connectivity index (χ4n) is 4.86. The second kappa shape index (κ2) is 13.1. The zero-order chi connectivity index (χ0) is 27.4. The van der Waals surface area contributed by atoms with Crippen LogP contribution in [0.25, 0.3) is 0 Å². The third-order valence-corrected chi connectivity index (χ3v) is 7.41. The molecule has 0 unspecified atom stereocenters. The predicted molar refractivity (Wildman–Crippen MR) is 159 cm³/mol. The van der Waals surface area contributed by atoms with Crippen LogP contribution in [0.2, 0.25) is 0 Å². The number of hydrogen-bond donors (Lipinski definition) is 3. The van der Waals surface area contributed by atoms with Crippen molar-refractivity contribution in [1.29, 1.82) is 0 Å². The molecule has 0 saturated heterocycles. The molecule has 0 bridgehead atoms. The van der Waals surface area contributed by atoms with Gasteiger partial charge in [0.2, 0.25) is 0 Å². The van der Waals surface area contributed by atoms with Crippen molar-refractivity contribution in [3.8, 4) is 5.75 Å². The van der Waals surface area contributed by atoms with Gasteiger partial charge in [-0.15, -0.1) is 0 Å². The minimum absolute atomic E-state index is 0. The highest BCUT2D eigenvalue weighted by Crippen LogP contribution is 2.27. The van der Waals surface area contributed by atoms with Crippen LogP contribution in [0, 0.1) is 0 Å². The van der Waals surface area contributed by atoms with Gasteiger partial charge < -0.3 is 24.9 Å². The first-order valence-electron chi connectivity index (χ1n) is 13.8. The van der Waals surface area contributed by atoms with E-state index >= 15 is 0 Å². The Bertz CT molecular complexity index is 1270. The molecule has 0 radical (unpaired) electrons. The highest BCUT2D eigenvalue weighted by molar-refractivity contribution is 7.59. The van der Waals surface area contributed by atoms with Crippen molar-refractivity contribution in [1.82, 2.24) is 20.2 Å². The Balaban J connectivity index is 0.00000370. The zero-order valence-electron chi connectivity index (χ0n) is 23.6. The lowest BCUT2D eigenvalue weighted by Crippen LogP contribution is -2.42. The van der Waals surface area contributed by atoms with Crippen molar-refractivity contribution in [2.75, 3.05) is 25.0 Å². The SMILES string of the molecule is CC(C)(C)c1cc(C(=O)NC[C@H](O)CN2CCc3cc(OCc4cnco4)ccc3C2)cc(NC2CCC2)n1.S. The maximum absolute atomic E-state index is 13.1. The number of aromatic nitrogens is 2. The number of hydrogen-bond acceptors (Lipinski definition) is 8. The van der Waals surface area contributed by atoms with Crippen LogP contribution in [0.4, 0.5) is 5.82 Å². The van der Waals surface area contributed by atoms with Gasteiger partial charge in [0.05, 0.1) is 12.3 Å². The van der Waals surface area contributed by atoms with E-state index in [2.05, 4.69) is 53.4 Å². The van der Waals surface area contributed by atoms with Crippen LogP contribution >= 0.6 is 13.5 Å². The molecule has 1 aromatic carbocycles. The molecule has 3 heterocycles. The summed E-state index contributed by atoms with van der Waals surface area (Å²) in [7, 11) is 0. The summed E-state index contributed by atoms with van der Waals surface area (Å²) in [5.41, 5.74) is 3.73. The number of anilines is 1. The number of rotatable bonds is 10. The Morgan fingerprint density at radius 3 is 2.75 bits per heavy atom. The number of aliphatic hydroxyl groups is 1. The number of β-amino-alcohol motifs (C(OH)–C–C–N with tert-alkyl or cyclic N) is 1. The molecule has 3 N–H and O–H groups in total. The molecule has 1 aliphatic heterocycles. The van der Waals surface area contributed by atoms with Crippen LogP contribution in [0.15, 0.2) is 47.3 Å². The number of benzene rings is 1. The number of carbonyl (C=O) groups excluding carboxylic acids is 1. The minimum Gasteiger partial charge on any atom is -0.486 e. The summed E-state index contributed by atoms with van der Waals surface area (Å²) >= 11 is 0. The molecule has 1 atom stereocenters. The van der Waals surface area contributed by atoms with Gasteiger partial charge in [0.15, 0.2) is 12.2 Å². The van der Waals surface area contributed by atoms with Crippen molar-refractivity contribution in [3.05, 3.63) is 71.1 Å². The average molecular weight is 568 g/mol. The van der Waals surface area contributed by atoms with Gasteiger partial charge in [0, 0.05) is 48.9 Å². The summed E-state index contributed by atoms with van der Waals surface area (Å²) in [4.78, 5) is 23.9. The smallest absolute Gasteiger partial charge is 0.251 e. The lowest BCUT2D eigenvalue weighted by molar-refractivity contribution is 0.0841. The van der Waals surface area contributed by atoms with E-state index < -0.39 is 6.10 Å². The Morgan fingerprint density at radius 2 is 2.05 bits per heavy atom. The van der Waals surface area contributed by atoms with Gasteiger partial charge in [0.25, 0.3) is 5.91 Å². The van der Waals surface area contributed by atoms with E-state index in [1.807, 2.05) is 18.2 Å². The van der Waals surface area contributed by atoms with Crippen molar-refractivity contribution in [3.63, 3.8) is 0 Å². The van der Waals surface area contributed by atoms with Gasteiger partial charge in [-0.25, -0.2) is 9.97 Å². The average Bonchev–Trinajstić information content (AvgIpc) is 3.41. The topological polar surface area (TPSA) is 113 Å². The van der Waals surface area contributed by atoms with E-state index in [-0.39, 0.29) is 31.4 Å². The first-order valence-corrected chi connectivity index (χ1v) is 13.8. The molecule has 3 aromatic rings. The molecule has 1 saturated carbocycles. The number of ether oxygens (including phenoxy) is 1. The molecule has 2 aliphatic rings. The first kappa shape index (κ1) is 29.9. The van der Waals surface area contributed by atoms with Crippen LogP contribution in [0.3, 0.4) is 0 Å². The summed E-state index contributed by atoms with van der Waals surface area (Å²) in [6.45, 7) is 8.89. The predicted octanol–water partition coefficient (Wildman–Crippen LogP) is 4.17. The molecule has 216 valence electrons. The Morgan fingerprint density at radius 1 is 1.23 bits per heavy atom. The van der Waals surface area contributed by atoms with E-state index in [0.29, 0.717) is 30.5 Å². The molecule has 9 nitrogen and oxygen atoms in total. The summed E-state index contributed by atoms with van der Waals surface area (Å²) in [5.74, 6) is 2.04. The lowest BCUT2D eigenvalue weighted by Gasteiger charge is -2.30. The number of aliphatic hydroxyl groups excluding tert-OH is 1. The van der Waals surface area contributed by atoms with Crippen molar-refractivity contribution >= 4 is 25.2 Å². The summed E-state index contributed by atoms with van der Waals surface area (Å²) in [6, 6.07) is 10.2. The molecule has 5 rings (SSSR count). The number of amides is 1. The minimum atomic E-state index is -0.670. The van der Waals surface area contributed by atoms with Crippen molar-refractivity contribution < 1.29 is 19.1 Å². The van der Waals surface area contributed by atoms with Crippen LogP contribution in [0.5, 0.6) is 5.75 Å². The van der Waals surface area contributed by atoms with Crippen LogP contribution in [-0.2, 0) is 25.0 Å². The monoisotopic (exact) mass is 567 g/mol. The molecule has 10 heteroatoms. The number of fused-ring (bicyclic) bond motifs is 1. The van der Waals surface area contributed by atoms with Crippen molar-refractivity contribution in [2.45, 2.75) is 77.2 Å². The molecular weight excluding hydrogens is 526 g/mol. The molecule has 1 aliphatic carbocycles. The second-order valence-corrected chi connectivity index (χ2v) is 11.7. The van der Waals surface area contributed by atoms with Crippen LogP contribution < -0.4 is 15.4 Å². The number of nitrogens with one attached hydrogen (secondary N) is 2. The highest BCUT2D eigenvalue weighted by Gasteiger charge is 2.23. The van der Waals surface area contributed by atoms with Gasteiger partial charge >= 0.3 is 0 Å². The molecule has 1 fully saturated rings. The first-order chi connectivity index (χ1) is 18.7. The quantitative estimate of drug-likeness (QED) is 0.335. The van der Waals surface area contributed by atoms with Gasteiger partial charge in [-0.1, -0.05) is 26.8 Å². The molecule has 1 amide bonds. The van der Waals surface area contributed by atoms with Crippen LogP contribution in [-0.4, -0.2) is 57.7 Å². The van der Waals surface area contributed by atoms with E-state index in [4.69, 9.17) is 14.1 Å². The fourth-order valence-corrected chi connectivity index (χ4v) is 4.86. The van der Waals surface area contributed by atoms with E-state index in [9.17, 15) is 9.90 Å². The van der Waals surface area contributed by atoms with Gasteiger partial charge in [-0.2, -0.15) is 13.5 Å². The maximum Gasteiger partial charge on any atom is 0.251 e. The fraction of sp³-hybridized carbons (Fsp3) is 0.500. The number of carbonyl (C=O) groups is 1. The normalized spacial score (nSPS) is 16.3. The van der Waals surface area contributed by atoms with Gasteiger partial charge in [-0.05, 0) is 61.1 Å². The maximum atomic E-state index is 13.1. The van der Waals surface area contributed by atoms with E-state index in [0.717, 1.165) is 49.6 Å². The zero-order valence-corrected chi connectivity index (χ0v) is 24.6. The molecule has 2 aromatic heterocycles. The summed E-state index contributed by atoms with van der Waals surface area (Å²) in [5, 5.41) is 17.1.